The molecule has 0 fully saturated rings. The van der Waals surface area contributed by atoms with Crippen LogP contribution >= 0.6 is 22.6 Å². The van der Waals surface area contributed by atoms with E-state index in [-0.39, 0.29) is 5.76 Å². The lowest BCUT2D eigenvalue weighted by molar-refractivity contribution is 0.521. The summed E-state index contributed by atoms with van der Waals surface area (Å²) in [5, 5.41) is 0. The number of halogens is 1. The number of oxazole rings is 1. The average Bonchev–Trinajstić information content (AvgIpc) is 2.53. The molecule has 0 N–H and O–H groups in total. The molecule has 0 radical (unpaired) electrons. The Balaban J connectivity index is 2.74. The van der Waals surface area contributed by atoms with Crippen molar-refractivity contribution in [2.45, 2.75) is 13.5 Å². The Bertz CT molecular complexity index is 613. The predicted octanol–water partition coefficient (Wildman–Crippen LogP) is 2.30. The summed E-state index contributed by atoms with van der Waals surface area (Å²) in [6, 6.07) is 5.61. The van der Waals surface area contributed by atoms with Crippen LogP contribution < -0.4 is 5.76 Å². The fourth-order valence-electron chi connectivity index (χ4n) is 1.55. The van der Waals surface area contributed by atoms with E-state index in [1.54, 1.807) is 10.6 Å². The second kappa shape index (κ2) is 4.11. The Labute approximate surface area is 100 Å². The van der Waals surface area contributed by atoms with E-state index in [1.807, 2.05) is 41.6 Å². The summed E-state index contributed by atoms with van der Waals surface area (Å²) in [6.07, 6.45) is 0. The number of hydrogen-bond acceptors (Lipinski definition) is 2. The van der Waals surface area contributed by atoms with Gasteiger partial charge in [-0.3, -0.25) is 4.57 Å². The van der Waals surface area contributed by atoms with Gasteiger partial charge >= 0.3 is 5.76 Å². The SMILES string of the molecule is Cc1cccc2oc(=O)n(CC#CI)c12. The Hall–Kier alpha value is -1.22. The van der Waals surface area contributed by atoms with Crippen LogP contribution in [0.1, 0.15) is 5.56 Å². The van der Waals surface area contributed by atoms with Gasteiger partial charge in [-0.1, -0.05) is 18.1 Å². The molecule has 76 valence electrons. The third kappa shape index (κ3) is 1.79. The molecule has 0 atom stereocenters. The van der Waals surface area contributed by atoms with E-state index < -0.39 is 0 Å². The van der Waals surface area contributed by atoms with Gasteiger partial charge in [0.25, 0.3) is 0 Å². The van der Waals surface area contributed by atoms with Gasteiger partial charge in [0.15, 0.2) is 5.58 Å². The second-order valence-electron chi connectivity index (χ2n) is 3.15. The molecule has 0 saturated carbocycles. The zero-order chi connectivity index (χ0) is 10.8. The first-order valence-electron chi connectivity index (χ1n) is 4.41. The Morgan fingerprint density at radius 3 is 3.07 bits per heavy atom. The quantitative estimate of drug-likeness (QED) is 0.598. The van der Waals surface area contributed by atoms with Crippen molar-refractivity contribution in [2.24, 2.45) is 0 Å². The van der Waals surface area contributed by atoms with Crippen molar-refractivity contribution in [1.29, 1.82) is 0 Å². The first kappa shape index (κ1) is 10.3. The van der Waals surface area contributed by atoms with Crippen molar-refractivity contribution in [3.8, 4) is 9.85 Å². The third-order valence-corrected chi connectivity index (χ3v) is 2.57. The lowest BCUT2D eigenvalue weighted by Gasteiger charge is -1.98. The van der Waals surface area contributed by atoms with Crippen molar-refractivity contribution >= 4 is 33.7 Å². The molecule has 1 aromatic carbocycles. The smallest absolute Gasteiger partial charge is 0.408 e. The molecule has 0 saturated heterocycles. The Kier molecular flexibility index (Phi) is 2.82. The van der Waals surface area contributed by atoms with Gasteiger partial charge in [0.05, 0.1) is 12.1 Å². The third-order valence-electron chi connectivity index (χ3n) is 2.19. The average molecular weight is 313 g/mol. The highest BCUT2D eigenvalue weighted by Crippen LogP contribution is 2.16. The van der Waals surface area contributed by atoms with Crippen LogP contribution in [-0.4, -0.2) is 4.57 Å². The molecule has 0 aliphatic rings. The summed E-state index contributed by atoms with van der Waals surface area (Å²) in [4.78, 5) is 11.5. The monoisotopic (exact) mass is 313 g/mol. The molecule has 0 amide bonds. The van der Waals surface area contributed by atoms with Crippen LogP contribution in [0.15, 0.2) is 27.4 Å². The number of nitrogens with zero attached hydrogens (tertiary/aromatic N) is 1. The molecule has 0 aliphatic carbocycles. The molecule has 0 bridgehead atoms. The summed E-state index contributed by atoms with van der Waals surface area (Å²) in [6.45, 7) is 2.32. The van der Waals surface area contributed by atoms with Crippen LogP contribution in [0.3, 0.4) is 0 Å². The minimum Gasteiger partial charge on any atom is -0.408 e. The highest BCUT2D eigenvalue weighted by Gasteiger charge is 2.09. The van der Waals surface area contributed by atoms with E-state index >= 15 is 0 Å². The molecular weight excluding hydrogens is 305 g/mol. The van der Waals surface area contributed by atoms with Gasteiger partial charge in [-0.25, -0.2) is 4.79 Å². The summed E-state index contributed by atoms with van der Waals surface area (Å²) in [5.74, 6) is 2.50. The molecule has 2 aromatic rings. The standard InChI is InChI=1S/C11H8INO2/c1-8-4-2-5-9-10(8)13(7-3-6-12)11(14)15-9/h2,4-5H,7H2,1H3. The van der Waals surface area contributed by atoms with Gasteiger partial charge in [0.2, 0.25) is 0 Å². The number of aryl methyl sites for hydroxylation is 1. The molecule has 0 aliphatic heterocycles. The molecular formula is C11H8INO2. The first-order valence-corrected chi connectivity index (χ1v) is 5.49. The van der Waals surface area contributed by atoms with Gasteiger partial charge < -0.3 is 4.42 Å². The summed E-state index contributed by atoms with van der Waals surface area (Å²) < 4.78 is 9.40. The van der Waals surface area contributed by atoms with Crippen molar-refractivity contribution in [1.82, 2.24) is 4.57 Å². The van der Waals surface area contributed by atoms with Crippen molar-refractivity contribution < 1.29 is 4.42 Å². The Morgan fingerprint density at radius 2 is 2.33 bits per heavy atom. The molecule has 0 spiro atoms. The highest BCUT2D eigenvalue weighted by molar-refractivity contribution is 14.1. The highest BCUT2D eigenvalue weighted by atomic mass is 127. The maximum Gasteiger partial charge on any atom is 0.420 e. The maximum atomic E-state index is 11.5. The van der Waals surface area contributed by atoms with Gasteiger partial charge in [0, 0.05) is 22.6 Å². The molecule has 2 rings (SSSR count). The van der Waals surface area contributed by atoms with E-state index in [2.05, 4.69) is 9.85 Å². The molecule has 1 heterocycles. The van der Waals surface area contributed by atoms with E-state index in [4.69, 9.17) is 4.42 Å². The number of para-hydroxylation sites is 1. The number of benzene rings is 1. The summed E-state index contributed by atoms with van der Waals surface area (Å²) in [7, 11) is 0. The van der Waals surface area contributed by atoms with Crippen LogP contribution in [0.4, 0.5) is 0 Å². The van der Waals surface area contributed by atoms with Crippen molar-refractivity contribution in [3.05, 3.63) is 34.3 Å². The topological polar surface area (TPSA) is 35.1 Å². The van der Waals surface area contributed by atoms with Gasteiger partial charge in [-0.2, -0.15) is 0 Å². The van der Waals surface area contributed by atoms with Crippen LogP contribution in [0, 0.1) is 16.8 Å². The van der Waals surface area contributed by atoms with E-state index in [9.17, 15) is 4.79 Å². The van der Waals surface area contributed by atoms with E-state index in [0.717, 1.165) is 11.1 Å². The molecule has 3 nitrogen and oxygen atoms in total. The Morgan fingerprint density at radius 1 is 1.53 bits per heavy atom. The molecule has 1 aromatic heterocycles. The zero-order valence-corrected chi connectivity index (χ0v) is 10.2. The summed E-state index contributed by atoms with van der Waals surface area (Å²) >= 11 is 1.95. The van der Waals surface area contributed by atoms with Crippen LogP contribution in [0.2, 0.25) is 0 Å². The van der Waals surface area contributed by atoms with Crippen LogP contribution in [0.5, 0.6) is 0 Å². The fraction of sp³-hybridized carbons (Fsp3) is 0.182. The fourth-order valence-corrected chi connectivity index (χ4v) is 1.72. The van der Waals surface area contributed by atoms with Gasteiger partial charge in [-0.15, -0.1) is 0 Å². The van der Waals surface area contributed by atoms with Gasteiger partial charge in [0.1, 0.15) is 0 Å². The lowest BCUT2D eigenvalue weighted by atomic mass is 10.2. The van der Waals surface area contributed by atoms with Crippen LogP contribution in [-0.2, 0) is 6.54 Å². The normalized spacial score (nSPS) is 10.0. The predicted molar refractivity (Wildman–Crippen MR) is 67.0 cm³/mol. The molecule has 4 heteroatoms. The lowest BCUT2D eigenvalue weighted by Crippen LogP contribution is -2.13. The second-order valence-corrected chi connectivity index (χ2v) is 3.69. The largest absolute Gasteiger partial charge is 0.420 e. The number of rotatable bonds is 1. The molecule has 0 unspecified atom stereocenters. The van der Waals surface area contributed by atoms with Gasteiger partial charge in [-0.05, 0) is 22.5 Å². The first-order chi connectivity index (χ1) is 7.24. The minimum atomic E-state index is -0.349. The zero-order valence-electron chi connectivity index (χ0n) is 8.08. The van der Waals surface area contributed by atoms with E-state index in [1.165, 1.54) is 0 Å². The van der Waals surface area contributed by atoms with Crippen LogP contribution in [0.25, 0.3) is 11.1 Å². The maximum absolute atomic E-state index is 11.5. The van der Waals surface area contributed by atoms with E-state index in [0.29, 0.717) is 12.1 Å². The number of aromatic nitrogens is 1. The van der Waals surface area contributed by atoms with Crippen molar-refractivity contribution in [2.75, 3.05) is 0 Å². The number of fused-ring (bicyclic) bond motifs is 1. The van der Waals surface area contributed by atoms with Crippen molar-refractivity contribution in [3.63, 3.8) is 0 Å². The number of hydrogen-bond donors (Lipinski definition) is 0. The summed E-state index contributed by atoms with van der Waals surface area (Å²) in [5.41, 5.74) is 2.48. The molecule has 15 heavy (non-hydrogen) atoms. The minimum absolute atomic E-state index is 0.349.